The van der Waals surface area contributed by atoms with Gasteiger partial charge in [-0.15, -0.1) is 11.3 Å². The molecular formula is C19H23N5S. The molecule has 130 valence electrons. The van der Waals surface area contributed by atoms with Crippen molar-refractivity contribution in [3.63, 3.8) is 0 Å². The Balaban J connectivity index is 1.76. The predicted octanol–water partition coefficient (Wildman–Crippen LogP) is 4.60. The molecule has 0 fully saturated rings. The Morgan fingerprint density at radius 2 is 1.84 bits per heavy atom. The van der Waals surface area contributed by atoms with Crippen LogP contribution in [0.15, 0.2) is 35.7 Å². The zero-order valence-electron chi connectivity index (χ0n) is 15.1. The molecule has 2 aromatic heterocycles. The van der Waals surface area contributed by atoms with E-state index in [1.54, 1.807) is 17.7 Å². The van der Waals surface area contributed by atoms with Gasteiger partial charge in [0.1, 0.15) is 11.2 Å². The van der Waals surface area contributed by atoms with Crippen molar-refractivity contribution in [2.24, 2.45) is 5.10 Å². The van der Waals surface area contributed by atoms with Crippen LogP contribution in [0.1, 0.15) is 29.9 Å². The molecule has 2 heterocycles. The van der Waals surface area contributed by atoms with Gasteiger partial charge >= 0.3 is 0 Å². The van der Waals surface area contributed by atoms with Gasteiger partial charge < -0.3 is 4.90 Å². The maximum atomic E-state index is 4.35. The van der Waals surface area contributed by atoms with Gasteiger partial charge in [0, 0.05) is 23.7 Å². The second-order valence-electron chi connectivity index (χ2n) is 5.82. The number of thiophene rings is 1. The average Bonchev–Trinajstić information content (AvgIpc) is 2.92. The van der Waals surface area contributed by atoms with Crippen LogP contribution in [0.2, 0.25) is 0 Å². The third-order valence-corrected chi connectivity index (χ3v) is 5.49. The molecular weight excluding hydrogens is 330 g/mol. The molecule has 0 unspecified atom stereocenters. The summed E-state index contributed by atoms with van der Waals surface area (Å²) in [7, 11) is 0. The van der Waals surface area contributed by atoms with Gasteiger partial charge in [-0.1, -0.05) is 12.1 Å². The molecule has 0 amide bonds. The van der Waals surface area contributed by atoms with Crippen LogP contribution < -0.4 is 10.3 Å². The van der Waals surface area contributed by atoms with E-state index in [4.69, 9.17) is 0 Å². The van der Waals surface area contributed by atoms with Crippen LogP contribution in [0.4, 0.5) is 11.5 Å². The van der Waals surface area contributed by atoms with E-state index in [0.717, 1.165) is 34.7 Å². The molecule has 0 saturated heterocycles. The highest BCUT2D eigenvalue weighted by Gasteiger charge is 2.11. The molecule has 0 aliphatic rings. The maximum absolute atomic E-state index is 4.35. The third-order valence-electron chi connectivity index (χ3n) is 4.37. The van der Waals surface area contributed by atoms with Crippen LogP contribution in [-0.4, -0.2) is 29.3 Å². The van der Waals surface area contributed by atoms with Gasteiger partial charge in [-0.25, -0.2) is 9.97 Å². The summed E-state index contributed by atoms with van der Waals surface area (Å²) in [4.78, 5) is 13.2. The van der Waals surface area contributed by atoms with Gasteiger partial charge in [-0.3, -0.25) is 5.43 Å². The quantitative estimate of drug-likeness (QED) is 0.520. The summed E-state index contributed by atoms with van der Waals surface area (Å²) in [5.41, 5.74) is 6.56. The number of hydrogen-bond donors (Lipinski definition) is 1. The summed E-state index contributed by atoms with van der Waals surface area (Å²) in [6.45, 7) is 10.5. The maximum Gasteiger partial charge on any atom is 0.158 e. The van der Waals surface area contributed by atoms with Crippen LogP contribution in [0.25, 0.3) is 10.2 Å². The molecule has 0 spiro atoms. The van der Waals surface area contributed by atoms with Gasteiger partial charge in [0.15, 0.2) is 5.82 Å². The van der Waals surface area contributed by atoms with E-state index in [2.05, 4.69) is 77.4 Å². The normalized spacial score (nSPS) is 11.4. The number of fused-ring (bicyclic) bond motifs is 1. The first kappa shape index (κ1) is 17.4. The first-order valence-electron chi connectivity index (χ1n) is 8.48. The molecule has 0 aliphatic heterocycles. The lowest BCUT2D eigenvalue weighted by atomic mass is 10.2. The van der Waals surface area contributed by atoms with E-state index in [9.17, 15) is 0 Å². The largest absolute Gasteiger partial charge is 0.372 e. The lowest BCUT2D eigenvalue weighted by Crippen LogP contribution is -2.21. The number of hydrazone groups is 1. The fourth-order valence-electron chi connectivity index (χ4n) is 2.80. The lowest BCUT2D eigenvalue weighted by Gasteiger charge is -2.20. The van der Waals surface area contributed by atoms with E-state index in [-0.39, 0.29) is 0 Å². The molecule has 1 aromatic carbocycles. The fraction of sp³-hybridized carbons (Fsp3) is 0.316. The first-order valence-corrected chi connectivity index (χ1v) is 9.30. The van der Waals surface area contributed by atoms with Crippen LogP contribution in [-0.2, 0) is 0 Å². The molecule has 0 saturated carbocycles. The zero-order valence-corrected chi connectivity index (χ0v) is 15.9. The minimum atomic E-state index is 0.753. The Morgan fingerprint density at radius 1 is 1.12 bits per heavy atom. The van der Waals surface area contributed by atoms with Crippen molar-refractivity contribution in [1.29, 1.82) is 0 Å². The summed E-state index contributed by atoms with van der Waals surface area (Å²) >= 11 is 1.68. The van der Waals surface area contributed by atoms with Crippen molar-refractivity contribution in [3.8, 4) is 0 Å². The Kier molecular flexibility index (Phi) is 5.28. The van der Waals surface area contributed by atoms with Crippen molar-refractivity contribution in [3.05, 3.63) is 46.6 Å². The Morgan fingerprint density at radius 3 is 2.52 bits per heavy atom. The van der Waals surface area contributed by atoms with E-state index >= 15 is 0 Å². The molecule has 0 radical (unpaired) electrons. The van der Waals surface area contributed by atoms with E-state index in [0.29, 0.717) is 0 Å². The minimum absolute atomic E-state index is 0.753. The molecule has 6 heteroatoms. The fourth-order valence-corrected chi connectivity index (χ4v) is 3.79. The summed E-state index contributed by atoms with van der Waals surface area (Å²) < 4.78 is 0. The number of aryl methyl sites for hydroxylation is 2. The Hall–Kier alpha value is -2.47. The second kappa shape index (κ2) is 7.61. The number of anilines is 2. The third kappa shape index (κ3) is 3.64. The van der Waals surface area contributed by atoms with Crippen molar-refractivity contribution in [2.45, 2.75) is 27.7 Å². The number of nitrogens with zero attached hydrogens (tertiary/aromatic N) is 4. The average molecular weight is 353 g/mol. The predicted molar refractivity (Wildman–Crippen MR) is 108 cm³/mol. The van der Waals surface area contributed by atoms with Gasteiger partial charge in [-0.05, 0) is 51.0 Å². The van der Waals surface area contributed by atoms with Crippen molar-refractivity contribution in [1.82, 2.24) is 9.97 Å². The molecule has 0 bridgehead atoms. The number of benzene rings is 1. The summed E-state index contributed by atoms with van der Waals surface area (Å²) in [5.74, 6) is 0.753. The van der Waals surface area contributed by atoms with E-state index in [1.807, 2.05) is 6.21 Å². The van der Waals surface area contributed by atoms with Crippen LogP contribution in [0.5, 0.6) is 0 Å². The van der Waals surface area contributed by atoms with Gasteiger partial charge in [0.25, 0.3) is 0 Å². The van der Waals surface area contributed by atoms with E-state index < -0.39 is 0 Å². The molecule has 25 heavy (non-hydrogen) atoms. The number of rotatable bonds is 6. The summed E-state index contributed by atoms with van der Waals surface area (Å²) in [6, 6.07) is 8.41. The first-order chi connectivity index (χ1) is 12.1. The minimum Gasteiger partial charge on any atom is -0.372 e. The highest BCUT2D eigenvalue weighted by molar-refractivity contribution is 7.18. The molecule has 0 atom stereocenters. The Labute approximate surface area is 152 Å². The SMILES string of the molecule is CCN(CC)c1ccc(/C=N/Nc2ncnc3sc(C)c(C)c23)cc1. The van der Waals surface area contributed by atoms with Crippen LogP contribution >= 0.6 is 11.3 Å². The van der Waals surface area contributed by atoms with Crippen molar-refractivity contribution >= 4 is 39.3 Å². The Bertz CT molecular complexity index is 879. The molecule has 3 aromatic rings. The van der Waals surface area contributed by atoms with Crippen LogP contribution in [0.3, 0.4) is 0 Å². The number of nitrogens with one attached hydrogen (secondary N) is 1. The number of aromatic nitrogens is 2. The highest BCUT2D eigenvalue weighted by Crippen LogP contribution is 2.32. The van der Waals surface area contributed by atoms with Gasteiger partial charge in [0.05, 0.1) is 11.6 Å². The molecule has 3 rings (SSSR count). The lowest BCUT2D eigenvalue weighted by molar-refractivity contribution is 0.866. The van der Waals surface area contributed by atoms with Crippen molar-refractivity contribution in [2.75, 3.05) is 23.4 Å². The summed E-state index contributed by atoms with van der Waals surface area (Å²) in [5, 5.41) is 5.41. The molecule has 0 aliphatic carbocycles. The van der Waals surface area contributed by atoms with Crippen molar-refractivity contribution < 1.29 is 0 Å². The second-order valence-corrected chi connectivity index (χ2v) is 7.02. The molecule has 5 nitrogen and oxygen atoms in total. The number of hydrogen-bond acceptors (Lipinski definition) is 6. The zero-order chi connectivity index (χ0) is 17.8. The topological polar surface area (TPSA) is 53.4 Å². The van der Waals surface area contributed by atoms with Crippen LogP contribution in [0, 0.1) is 13.8 Å². The monoisotopic (exact) mass is 353 g/mol. The van der Waals surface area contributed by atoms with Gasteiger partial charge in [0.2, 0.25) is 0 Å². The van der Waals surface area contributed by atoms with Gasteiger partial charge in [-0.2, -0.15) is 5.10 Å². The summed E-state index contributed by atoms with van der Waals surface area (Å²) in [6.07, 6.45) is 3.39. The standard InChI is InChI=1S/C19H23N5S/c1-5-24(6-2)16-9-7-15(8-10-16)11-22-23-18-17-13(3)14(4)25-19(17)21-12-20-18/h7-12H,5-6H2,1-4H3,(H,20,21,23)/b22-11+. The highest BCUT2D eigenvalue weighted by atomic mass is 32.1. The molecule has 1 N–H and O–H groups in total. The smallest absolute Gasteiger partial charge is 0.158 e. The van der Waals surface area contributed by atoms with E-state index in [1.165, 1.54) is 16.1 Å².